The van der Waals surface area contributed by atoms with Crippen LogP contribution >= 0.6 is 40.5 Å². The Bertz CT molecular complexity index is 583. The molecule has 1 saturated heterocycles. The molecule has 4 nitrogen and oxygen atoms in total. The van der Waals surface area contributed by atoms with Crippen molar-refractivity contribution < 1.29 is 6.50 Å². The molecule has 1 fully saturated rings. The van der Waals surface area contributed by atoms with Crippen LogP contribution in [0.3, 0.4) is 0 Å². The fourth-order valence-corrected chi connectivity index (χ4v) is 17.2. The first kappa shape index (κ1) is 25.4. The molecule has 1 atom stereocenters. The van der Waals surface area contributed by atoms with E-state index in [-0.39, 0.29) is 0 Å². The standard InChI is InChI=1S/C23H40I2N2O2/c1-5-7-10-18-27-19-16-24(17-20-27)29-25-15-9-8-12-22(14-13-21(25)3)26(4)23(28)11-6-2/h8-9,12,14-15,23,28H,3,5-7,10-11,13,16-20H2,1-2,4H3/b12-8+,15-9+,22-14+/t23-/m0/s1. The number of rotatable bonds is 10. The third-order valence-corrected chi connectivity index (χ3v) is 18.0. The molecule has 0 saturated carbocycles. The van der Waals surface area contributed by atoms with Crippen LogP contribution in [0.1, 0.15) is 52.4 Å². The molecule has 2 aliphatic heterocycles. The molecule has 0 radical (unpaired) electrons. The fourth-order valence-electron chi connectivity index (χ4n) is 3.25. The van der Waals surface area contributed by atoms with Gasteiger partial charge in [0.1, 0.15) is 0 Å². The number of aliphatic hydroxyl groups is 1. The number of alkyl halides is 2. The molecule has 0 aliphatic carbocycles. The Labute approximate surface area is 194 Å². The van der Waals surface area contributed by atoms with Gasteiger partial charge >= 0.3 is 195 Å². The zero-order chi connectivity index (χ0) is 21.1. The first-order chi connectivity index (χ1) is 14.0. The molecule has 6 heteroatoms. The van der Waals surface area contributed by atoms with Gasteiger partial charge in [-0.05, 0) is 0 Å². The van der Waals surface area contributed by atoms with Gasteiger partial charge in [0.2, 0.25) is 0 Å². The van der Waals surface area contributed by atoms with E-state index >= 15 is 0 Å². The van der Waals surface area contributed by atoms with Crippen LogP contribution in [0.25, 0.3) is 0 Å². The molecule has 0 bridgehead atoms. The second-order valence-electron chi connectivity index (χ2n) is 7.58. The van der Waals surface area contributed by atoms with Crippen LogP contribution in [0.15, 0.2) is 44.2 Å². The van der Waals surface area contributed by atoms with Gasteiger partial charge in [0, 0.05) is 0 Å². The van der Waals surface area contributed by atoms with Crippen molar-refractivity contribution in [3.8, 4) is 0 Å². The van der Waals surface area contributed by atoms with Crippen LogP contribution in [0, 0.1) is 0 Å². The molecule has 0 spiro atoms. The Morgan fingerprint density at radius 1 is 1.21 bits per heavy atom. The monoisotopic (exact) mass is 630 g/mol. The Balaban J connectivity index is 1.87. The van der Waals surface area contributed by atoms with Crippen LogP contribution in [0.5, 0.6) is 0 Å². The third-order valence-electron chi connectivity index (χ3n) is 5.21. The van der Waals surface area contributed by atoms with Crippen molar-refractivity contribution in [2.45, 2.75) is 58.6 Å². The minimum absolute atomic E-state index is 0.435. The molecule has 2 rings (SSSR count). The van der Waals surface area contributed by atoms with Gasteiger partial charge in [0.15, 0.2) is 0 Å². The van der Waals surface area contributed by atoms with Gasteiger partial charge in [-0.1, -0.05) is 0 Å². The van der Waals surface area contributed by atoms with Gasteiger partial charge in [-0.15, -0.1) is 0 Å². The molecule has 29 heavy (non-hydrogen) atoms. The van der Waals surface area contributed by atoms with E-state index in [1.807, 2.05) is 11.9 Å². The van der Waals surface area contributed by atoms with Crippen LogP contribution in [0.4, 0.5) is 0 Å². The number of halogens is 2. The number of unbranched alkanes of at least 4 members (excludes halogenated alkanes) is 2. The summed E-state index contributed by atoms with van der Waals surface area (Å²) in [5.41, 5.74) is 1.06. The summed E-state index contributed by atoms with van der Waals surface area (Å²) < 4.78 is 12.9. The molecule has 0 unspecified atom stereocenters. The van der Waals surface area contributed by atoms with Crippen molar-refractivity contribution in [3.05, 3.63) is 44.2 Å². The quantitative estimate of drug-likeness (QED) is 0.134. The normalized spacial score (nSPS) is 26.1. The predicted octanol–water partition coefficient (Wildman–Crippen LogP) is 6.27. The molecule has 0 aromatic carbocycles. The summed E-state index contributed by atoms with van der Waals surface area (Å²) in [6.45, 7) is 12.5. The second kappa shape index (κ2) is 14.2. The predicted molar refractivity (Wildman–Crippen MR) is 144 cm³/mol. The zero-order valence-electron chi connectivity index (χ0n) is 18.5. The molecule has 2 heterocycles. The minimum atomic E-state index is -1.74. The number of allylic oxidation sites excluding steroid dienone is 5. The molecular weight excluding hydrogens is 590 g/mol. The van der Waals surface area contributed by atoms with Gasteiger partial charge < -0.3 is 0 Å². The summed E-state index contributed by atoms with van der Waals surface area (Å²) in [5.74, 6) is 0. The van der Waals surface area contributed by atoms with Crippen molar-refractivity contribution in [1.29, 1.82) is 0 Å². The Kier molecular flexibility index (Phi) is 12.4. The van der Waals surface area contributed by atoms with E-state index in [1.54, 1.807) is 0 Å². The van der Waals surface area contributed by atoms with Gasteiger partial charge in [-0.2, -0.15) is 0 Å². The third kappa shape index (κ3) is 9.01. The van der Waals surface area contributed by atoms with Crippen molar-refractivity contribution in [1.82, 2.24) is 9.80 Å². The summed E-state index contributed by atoms with van der Waals surface area (Å²) in [4.78, 5) is 4.61. The maximum atomic E-state index is 10.3. The summed E-state index contributed by atoms with van der Waals surface area (Å²) >= 11 is -3.04. The van der Waals surface area contributed by atoms with Gasteiger partial charge in [-0.3, -0.25) is 0 Å². The van der Waals surface area contributed by atoms with Gasteiger partial charge in [0.05, 0.1) is 0 Å². The molecular formula is C23H40I2N2O2. The van der Waals surface area contributed by atoms with Crippen molar-refractivity contribution in [2.24, 2.45) is 0 Å². The van der Waals surface area contributed by atoms with E-state index in [4.69, 9.17) is 1.40 Å². The SMILES string of the molecule is C=C1C\C=C(N(C)[C@@H](O)CCC)/C=C/C=C/I1OI1CCN(CCCCC)CC1. The topological polar surface area (TPSA) is 35.9 Å². The van der Waals surface area contributed by atoms with Crippen molar-refractivity contribution >= 4 is 40.5 Å². The Hall–Kier alpha value is 0.100. The van der Waals surface area contributed by atoms with E-state index in [2.05, 4.69) is 53.7 Å². The molecule has 1 N–H and O–H groups in total. The van der Waals surface area contributed by atoms with E-state index in [1.165, 1.54) is 51.3 Å². The average molecular weight is 630 g/mol. The van der Waals surface area contributed by atoms with Crippen LogP contribution in [-0.4, -0.2) is 56.7 Å². The maximum absolute atomic E-state index is 10.3. The number of nitrogens with zero attached hydrogens (tertiary/aromatic N) is 2. The number of hydrogen-bond acceptors (Lipinski definition) is 4. The summed E-state index contributed by atoms with van der Waals surface area (Å²) in [6.07, 6.45) is 14.7. The molecule has 2 aliphatic rings. The van der Waals surface area contributed by atoms with E-state index < -0.39 is 46.7 Å². The van der Waals surface area contributed by atoms with Crippen LogP contribution < -0.4 is 0 Å². The van der Waals surface area contributed by atoms with Crippen LogP contribution in [-0.2, 0) is 1.40 Å². The van der Waals surface area contributed by atoms with Crippen LogP contribution in [0.2, 0.25) is 0 Å². The van der Waals surface area contributed by atoms with E-state index in [9.17, 15) is 5.11 Å². The number of aliphatic hydroxyl groups excluding tert-OH is 1. The van der Waals surface area contributed by atoms with E-state index in [0.29, 0.717) is 0 Å². The van der Waals surface area contributed by atoms with Gasteiger partial charge in [-0.25, -0.2) is 0 Å². The second-order valence-corrected chi connectivity index (χ2v) is 18.4. The first-order valence-corrected chi connectivity index (χ1v) is 18.0. The van der Waals surface area contributed by atoms with Crippen molar-refractivity contribution in [3.63, 3.8) is 0 Å². The van der Waals surface area contributed by atoms with E-state index in [0.717, 1.165) is 25.0 Å². The average Bonchev–Trinajstić information content (AvgIpc) is 2.81. The fraction of sp³-hybridized carbons (Fsp3) is 0.652. The van der Waals surface area contributed by atoms with Crippen molar-refractivity contribution in [2.75, 3.05) is 35.5 Å². The molecule has 0 aromatic heterocycles. The number of hydrogen-bond donors (Lipinski definition) is 1. The van der Waals surface area contributed by atoms with Gasteiger partial charge in [0.25, 0.3) is 0 Å². The first-order valence-electron chi connectivity index (χ1n) is 10.9. The number of likely N-dealkylation sites (N-methyl/N-ethyl adjacent to an activating group) is 1. The molecule has 0 aromatic rings. The summed E-state index contributed by atoms with van der Waals surface area (Å²) in [6, 6.07) is 0. The Morgan fingerprint density at radius 2 is 1.97 bits per heavy atom. The Morgan fingerprint density at radius 3 is 2.66 bits per heavy atom. The summed E-state index contributed by atoms with van der Waals surface area (Å²) in [5, 5.41) is 10.3. The molecule has 0 amide bonds. The molecule has 168 valence electrons. The summed E-state index contributed by atoms with van der Waals surface area (Å²) in [7, 11) is 1.97. The zero-order valence-corrected chi connectivity index (χ0v) is 22.8.